The maximum atomic E-state index is 12.0. The highest BCUT2D eigenvalue weighted by Crippen LogP contribution is 2.31. The first-order chi connectivity index (χ1) is 8.85. The van der Waals surface area contributed by atoms with Gasteiger partial charge in [-0.2, -0.15) is 0 Å². The van der Waals surface area contributed by atoms with Crippen LogP contribution in [0.4, 0.5) is 5.69 Å². The maximum absolute atomic E-state index is 12.0. The number of hydrogen-bond donors (Lipinski definition) is 2. The van der Waals surface area contributed by atoms with E-state index >= 15 is 0 Å². The van der Waals surface area contributed by atoms with Gasteiger partial charge in [-0.1, -0.05) is 25.4 Å². The van der Waals surface area contributed by atoms with Gasteiger partial charge in [-0.05, 0) is 30.9 Å². The fourth-order valence-electron chi connectivity index (χ4n) is 1.77. The molecule has 1 aromatic carbocycles. The molecule has 5 heteroatoms. The molecule has 3 N–H and O–H groups in total. The quantitative estimate of drug-likeness (QED) is 0.874. The lowest BCUT2D eigenvalue weighted by Gasteiger charge is -2.16. The molecule has 106 valence electrons. The van der Waals surface area contributed by atoms with Gasteiger partial charge in [-0.3, -0.25) is 4.79 Å². The summed E-state index contributed by atoms with van der Waals surface area (Å²) in [5.74, 6) is 0.684. The molecule has 0 unspecified atom stereocenters. The van der Waals surface area contributed by atoms with Crippen molar-refractivity contribution in [1.29, 1.82) is 0 Å². The van der Waals surface area contributed by atoms with Gasteiger partial charge in [0, 0.05) is 11.1 Å². The minimum atomic E-state index is -0.527. The molecule has 0 aliphatic rings. The molecule has 0 saturated heterocycles. The van der Waals surface area contributed by atoms with E-state index in [-0.39, 0.29) is 5.91 Å². The molecule has 0 fully saturated rings. The van der Waals surface area contributed by atoms with Gasteiger partial charge >= 0.3 is 0 Å². The van der Waals surface area contributed by atoms with Crippen molar-refractivity contribution in [2.45, 2.75) is 33.2 Å². The largest absolute Gasteiger partial charge is 0.495 e. The van der Waals surface area contributed by atoms with E-state index in [0.29, 0.717) is 28.8 Å². The minimum Gasteiger partial charge on any atom is -0.495 e. The Morgan fingerprint density at radius 3 is 2.63 bits per heavy atom. The number of hydrogen-bond acceptors (Lipinski definition) is 3. The molecule has 1 amide bonds. The number of aryl methyl sites for hydroxylation is 1. The molecule has 0 heterocycles. The smallest absolute Gasteiger partial charge is 0.241 e. The third-order valence-corrected chi connectivity index (χ3v) is 3.21. The summed E-state index contributed by atoms with van der Waals surface area (Å²) in [7, 11) is 1.53. The Morgan fingerprint density at radius 2 is 2.11 bits per heavy atom. The number of benzene rings is 1. The van der Waals surface area contributed by atoms with E-state index in [0.717, 1.165) is 5.56 Å². The zero-order valence-corrected chi connectivity index (χ0v) is 12.5. The topological polar surface area (TPSA) is 64.3 Å². The predicted octanol–water partition coefficient (Wildman–Crippen LogP) is 2.97. The van der Waals surface area contributed by atoms with Crippen LogP contribution in [0.25, 0.3) is 0 Å². The van der Waals surface area contributed by atoms with Gasteiger partial charge in [-0.15, -0.1) is 0 Å². The van der Waals surface area contributed by atoms with Gasteiger partial charge in [0.2, 0.25) is 5.91 Å². The molecule has 0 aromatic heterocycles. The van der Waals surface area contributed by atoms with E-state index in [2.05, 4.69) is 5.32 Å². The van der Waals surface area contributed by atoms with Gasteiger partial charge in [0.15, 0.2) is 0 Å². The van der Waals surface area contributed by atoms with Crippen molar-refractivity contribution < 1.29 is 9.53 Å². The number of methoxy groups -OCH3 is 1. The average Bonchev–Trinajstić information content (AvgIpc) is 2.32. The highest BCUT2D eigenvalue weighted by molar-refractivity contribution is 6.31. The lowest BCUT2D eigenvalue weighted by Crippen LogP contribution is -2.36. The van der Waals surface area contributed by atoms with Gasteiger partial charge < -0.3 is 15.8 Å². The lowest BCUT2D eigenvalue weighted by molar-refractivity contribution is -0.117. The first kappa shape index (κ1) is 15.8. The average molecular weight is 285 g/mol. The van der Waals surface area contributed by atoms with Crippen LogP contribution < -0.4 is 15.8 Å². The molecule has 0 aliphatic heterocycles. The fraction of sp³-hybridized carbons (Fsp3) is 0.500. The van der Waals surface area contributed by atoms with Crippen molar-refractivity contribution in [3.8, 4) is 5.75 Å². The Kier molecular flexibility index (Phi) is 5.63. The predicted molar refractivity (Wildman–Crippen MR) is 78.8 cm³/mol. The number of nitrogens with two attached hydrogens (primary N) is 1. The van der Waals surface area contributed by atoms with E-state index in [4.69, 9.17) is 22.1 Å². The molecule has 1 aromatic rings. The van der Waals surface area contributed by atoms with Crippen molar-refractivity contribution in [2.24, 2.45) is 11.7 Å². The number of ether oxygens (including phenoxy) is 1. The second kappa shape index (κ2) is 6.78. The van der Waals surface area contributed by atoms with Crippen molar-refractivity contribution in [3.63, 3.8) is 0 Å². The van der Waals surface area contributed by atoms with Crippen molar-refractivity contribution >= 4 is 23.2 Å². The van der Waals surface area contributed by atoms with Gasteiger partial charge in [-0.25, -0.2) is 0 Å². The number of amides is 1. The van der Waals surface area contributed by atoms with Crippen LogP contribution >= 0.6 is 11.6 Å². The monoisotopic (exact) mass is 284 g/mol. The summed E-state index contributed by atoms with van der Waals surface area (Å²) in [6, 6.07) is 2.93. The molecular weight excluding hydrogens is 264 g/mol. The molecule has 4 nitrogen and oxygen atoms in total. The molecule has 19 heavy (non-hydrogen) atoms. The third-order valence-electron chi connectivity index (χ3n) is 2.80. The van der Waals surface area contributed by atoms with Crippen LogP contribution in [0.2, 0.25) is 5.02 Å². The van der Waals surface area contributed by atoms with E-state index in [1.54, 1.807) is 12.1 Å². The summed E-state index contributed by atoms with van der Waals surface area (Å²) in [6.45, 7) is 5.92. The van der Waals surface area contributed by atoms with E-state index in [1.165, 1.54) is 7.11 Å². The first-order valence-electron chi connectivity index (χ1n) is 6.25. The van der Waals surface area contributed by atoms with Crippen molar-refractivity contribution in [2.75, 3.05) is 12.4 Å². The van der Waals surface area contributed by atoms with E-state index in [9.17, 15) is 4.79 Å². The Hall–Kier alpha value is -1.26. The summed E-state index contributed by atoms with van der Waals surface area (Å²) in [4.78, 5) is 12.0. The molecular formula is C14H21ClN2O2. The zero-order chi connectivity index (χ0) is 14.6. The molecule has 0 aliphatic carbocycles. The molecule has 1 rings (SSSR count). The number of anilines is 1. The molecule has 0 radical (unpaired) electrons. The van der Waals surface area contributed by atoms with E-state index in [1.807, 2.05) is 20.8 Å². The maximum Gasteiger partial charge on any atom is 0.241 e. The van der Waals surface area contributed by atoms with Crippen LogP contribution in [0.15, 0.2) is 12.1 Å². The summed E-state index contributed by atoms with van der Waals surface area (Å²) < 4.78 is 5.20. The number of nitrogens with one attached hydrogen (secondary N) is 1. The minimum absolute atomic E-state index is 0.214. The van der Waals surface area contributed by atoms with Gasteiger partial charge in [0.1, 0.15) is 5.75 Å². The molecule has 1 atom stereocenters. The normalized spacial score (nSPS) is 12.4. The van der Waals surface area contributed by atoms with Crippen molar-refractivity contribution in [3.05, 3.63) is 22.7 Å². The zero-order valence-electron chi connectivity index (χ0n) is 11.8. The first-order valence-corrected chi connectivity index (χ1v) is 6.63. The van der Waals surface area contributed by atoms with Crippen molar-refractivity contribution in [1.82, 2.24) is 0 Å². The van der Waals surface area contributed by atoms with Gasteiger partial charge in [0.25, 0.3) is 0 Å². The van der Waals surface area contributed by atoms with Crippen LogP contribution in [0.3, 0.4) is 0 Å². The summed E-state index contributed by atoms with van der Waals surface area (Å²) in [6.07, 6.45) is 0.640. The number of carbonyl (C=O) groups is 1. The highest BCUT2D eigenvalue weighted by Gasteiger charge is 2.17. The van der Waals surface area contributed by atoms with E-state index < -0.39 is 6.04 Å². The summed E-state index contributed by atoms with van der Waals surface area (Å²) in [5.41, 5.74) is 7.31. The van der Waals surface area contributed by atoms with Crippen LogP contribution in [0.1, 0.15) is 25.8 Å². The molecule has 0 spiro atoms. The fourth-order valence-corrected chi connectivity index (χ4v) is 1.92. The Balaban J connectivity index is 2.87. The highest BCUT2D eigenvalue weighted by atomic mass is 35.5. The number of rotatable bonds is 5. The Bertz CT molecular complexity index is 461. The molecule has 0 bridgehead atoms. The van der Waals surface area contributed by atoms with Crippen LogP contribution in [0, 0.1) is 12.8 Å². The standard InChI is InChI=1S/C14H21ClN2O2/c1-8(2)5-11(16)14(18)17-12-6-9(3)10(15)7-13(12)19-4/h6-8,11H,5,16H2,1-4H3,(H,17,18)/t11-/m0/s1. The summed E-state index contributed by atoms with van der Waals surface area (Å²) >= 11 is 6.02. The molecule has 0 saturated carbocycles. The van der Waals surface area contributed by atoms with Crippen LogP contribution in [-0.4, -0.2) is 19.1 Å². The SMILES string of the molecule is COc1cc(Cl)c(C)cc1NC(=O)[C@@H](N)CC(C)C. The summed E-state index contributed by atoms with van der Waals surface area (Å²) in [5, 5.41) is 3.39. The Morgan fingerprint density at radius 1 is 1.47 bits per heavy atom. The van der Waals surface area contributed by atoms with Crippen LogP contribution in [-0.2, 0) is 4.79 Å². The van der Waals surface area contributed by atoms with Gasteiger partial charge in [0.05, 0.1) is 18.8 Å². The lowest BCUT2D eigenvalue weighted by atomic mass is 10.0. The second-order valence-corrected chi connectivity index (χ2v) is 5.43. The Labute approximate surface area is 119 Å². The number of halogens is 1. The second-order valence-electron chi connectivity index (χ2n) is 5.03. The van der Waals surface area contributed by atoms with Crippen LogP contribution in [0.5, 0.6) is 5.75 Å². The number of carbonyl (C=O) groups excluding carboxylic acids is 1. The third kappa shape index (κ3) is 4.40.